The Bertz CT molecular complexity index is 1290. The Balaban J connectivity index is 0.00000442. The van der Waals surface area contributed by atoms with Gasteiger partial charge in [-0.2, -0.15) is 0 Å². The van der Waals surface area contributed by atoms with Gasteiger partial charge in [0.1, 0.15) is 0 Å². The second kappa shape index (κ2) is 26.9. The van der Waals surface area contributed by atoms with E-state index < -0.39 is 36.8 Å². The van der Waals surface area contributed by atoms with Gasteiger partial charge >= 0.3 is 292 Å². The molecule has 0 aliphatic rings. The summed E-state index contributed by atoms with van der Waals surface area (Å²) in [5.41, 5.74) is 6.24. The van der Waals surface area contributed by atoms with E-state index in [1.807, 2.05) is 13.8 Å². The molecule has 0 radical (unpaired) electrons. The van der Waals surface area contributed by atoms with Crippen LogP contribution in [0.2, 0.25) is 29.6 Å². The molecule has 0 saturated carbocycles. The minimum absolute atomic E-state index is 1.28. The second-order valence-electron chi connectivity index (χ2n) is 17.2. The van der Waals surface area contributed by atoms with E-state index in [1.165, 1.54) is 169 Å². The standard InChI is InChI=1S/C39H58S2.C2H6.6CH3.2Sn/c1-3-5-7-9-11-13-15-17-19-21-23-25-35-31-39(41-33-35)37-28-26-36(27-29-37)38-30-34(32-40-38)24-22-20-18-16-14-12-10-8-6-4-2;1-2;;;;;;;;/h26-31H,3-25H2,1-2H3;1-2H3;6*1H3;;. The molecule has 2 heterocycles. The molecule has 0 amide bonds. The Labute approximate surface area is 335 Å². The Morgan fingerprint density at radius 3 is 0.902 bits per heavy atom. The summed E-state index contributed by atoms with van der Waals surface area (Å²) in [6.07, 6.45) is 32.4. The topological polar surface area (TPSA) is 0 Å². The van der Waals surface area contributed by atoms with Crippen molar-refractivity contribution in [1.82, 2.24) is 0 Å². The van der Waals surface area contributed by atoms with Gasteiger partial charge in [0.15, 0.2) is 0 Å². The van der Waals surface area contributed by atoms with Gasteiger partial charge in [0.25, 0.3) is 0 Å². The average Bonchev–Trinajstić information content (AvgIpc) is 3.75. The van der Waals surface area contributed by atoms with E-state index in [9.17, 15) is 0 Å². The molecule has 0 nitrogen and oxygen atoms in total. The summed E-state index contributed by atoms with van der Waals surface area (Å²) >= 11 is -0.0912. The predicted octanol–water partition coefficient (Wildman–Crippen LogP) is 16.6. The monoisotopic (exact) mass is 950 g/mol. The molecule has 0 N–H and O–H groups in total. The van der Waals surface area contributed by atoms with Gasteiger partial charge in [-0.1, -0.05) is 47.0 Å². The zero-order valence-electron chi connectivity index (χ0n) is 35.5. The normalized spacial score (nSPS) is 12.0. The molecule has 4 heteroatoms. The van der Waals surface area contributed by atoms with Crippen molar-refractivity contribution in [2.75, 3.05) is 0 Å². The van der Waals surface area contributed by atoms with Crippen molar-refractivity contribution in [3.8, 4) is 20.9 Å². The van der Waals surface area contributed by atoms with Crippen LogP contribution in [0.15, 0.2) is 36.4 Å². The Kier molecular flexibility index (Phi) is 25.0. The van der Waals surface area contributed by atoms with Crippen LogP contribution in [0, 0.1) is 0 Å². The van der Waals surface area contributed by atoms with Crippen molar-refractivity contribution in [1.29, 1.82) is 0 Å². The molecule has 3 aromatic rings. The van der Waals surface area contributed by atoms with Crippen LogP contribution in [0.3, 0.4) is 0 Å². The molecule has 1 aromatic carbocycles. The number of unbranched alkanes of at least 4 members (excludes halogenated alkanes) is 19. The van der Waals surface area contributed by atoms with Crippen LogP contribution in [0.4, 0.5) is 0 Å². The molecule has 51 heavy (non-hydrogen) atoms. The third-order valence-corrected chi connectivity index (χ3v) is 31.9. The summed E-state index contributed by atoms with van der Waals surface area (Å²) in [5, 5.41) is 0. The summed E-state index contributed by atoms with van der Waals surface area (Å²) in [7, 11) is 0. The van der Waals surface area contributed by atoms with Crippen LogP contribution in [0.1, 0.15) is 174 Å². The second-order valence-corrected chi connectivity index (χ2v) is 49.9. The molecule has 0 spiro atoms. The molecule has 0 fully saturated rings. The minimum atomic E-state index is -2.18. The molecular formula is C47H82S2Sn2. The van der Waals surface area contributed by atoms with Crippen LogP contribution in [-0.4, -0.2) is 36.8 Å². The molecule has 0 saturated heterocycles. The van der Waals surface area contributed by atoms with Gasteiger partial charge in [0.2, 0.25) is 0 Å². The molecule has 2 aromatic heterocycles. The molecule has 0 unspecified atom stereocenters. The van der Waals surface area contributed by atoms with E-state index >= 15 is 0 Å². The van der Waals surface area contributed by atoms with Crippen LogP contribution >= 0.6 is 22.7 Å². The summed E-state index contributed by atoms with van der Waals surface area (Å²) in [4.78, 5) is 18.7. The number of rotatable bonds is 27. The molecule has 3 rings (SSSR count). The van der Waals surface area contributed by atoms with Gasteiger partial charge in [-0.25, -0.2) is 0 Å². The molecule has 290 valence electrons. The first-order valence-electron chi connectivity index (χ1n) is 21.9. The van der Waals surface area contributed by atoms with E-state index in [0.717, 1.165) is 0 Å². The summed E-state index contributed by atoms with van der Waals surface area (Å²) < 4.78 is 3.61. The van der Waals surface area contributed by atoms with Crippen molar-refractivity contribution < 1.29 is 0 Å². The summed E-state index contributed by atoms with van der Waals surface area (Å²) in [5.74, 6) is 0. The first-order valence-corrected chi connectivity index (χ1v) is 43.5. The summed E-state index contributed by atoms with van der Waals surface area (Å²) in [6.45, 7) is 8.62. The fraction of sp³-hybridized carbons (Fsp3) is 0.702. The van der Waals surface area contributed by atoms with Crippen molar-refractivity contribution in [2.45, 2.75) is 205 Å². The van der Waals surface area contributed by atoms with Crippen molar-refractivity contribution >= 4 is 65.2 Å². The van der Waals surface area contributed by atoms with Gasteiger partial charge in [0, 0.05) is 0 Å². The molecule has 0 bridgehead atoms. The number of hydrogen-bond donors (Lipinski definition) is 0. The van der Waals surface area contributed by atoms with E-state index in [2.05, 4.69) is 103 Å². The fourth-order valence-corrected chi connectivity index (χ4v) is 23.7. The number of benzene rings is 1. The maximum atomic E-state index is 2.61. The Morgan fingerprint density at radius 1 is 0.392 bits per heavy atom. The van der Waals surface area contributed by atoms with E-state index in [-0.39, 0.29) is 0 Å². The van der Waals surface area contributed by atoms with Crippen molar-refractivity contribution in [3.63, 3.8) is 0 Å². The van der Waals surface area contributed by atoms with Gasteiger partial charge in [-0.3, -0.25) is 0 Å². The number of thiophene rings is 2. The first-order chi connectivity index (χ1) is 24.5. The molecule has 0 aliphatic carbocycles. The van der Waals surface area contributed by atoms with Crippen LogP contribution in [0.5, 0.6) is 0 Å². The van der Waals surface area contributed by atoms with Gasteiger partial charge in [-0.15, -0.1) is 0 Å². The van der Waals surface area contributed by atoms with Crippen molar-refractivity contribution in [3.05, 3.63) is 47.5 Å². The van der Waals surface area contributed by atoms with Crippen LogP contribution in [-0.2, 0) is 12.8 Å². The van der Waals surface area contributed by atoms with Gasteiger partial charge in [-0.05, 0) is 0 Å². The zero-order valence-corrected chi connectivity index (χ0v) is 42.9. The zero-order chi connectivity index (χ0) is 37.5. The van der Waals surface area contributed by atoms with Crippen molar-refractivity contribution in [2.24, 2.45) is 0 Å². The summed E-state index contributed by atoms with van der Waals surface area (Å²) in [6, 6.07) is 14.9. The van der Waals surface area contributed by atoms with Crippen LogP contribution < -0.4 is 5.79 Å². The fourth-order valence-electron chi connectivity index (χ4n) is 7.36. The van der Waals surface area contributed by atoms with E-state index in [1.54, 1.807) is 16.9 Å². The van der Waals surface area contributed by atoms with E-state index in [0.29, 0.717) is 0 Å². The quantitative estimate of drug-likeness (QED) is 0.0528. The molecular weight excluding hydrogens is 866 g/mol. The number of hydrogen-bond acceptors (Lipinski definition) is 2. The number of aryl methyl sites for hydroxylation is 2. The SMILES string of the molecule is CC.CCCCCCCCCCCCCc1cc(-c2ccc(-c3cc(CCCCCCCCCCCC)[c]([Sn]([CH3])([CH3])[CH3])s3)cc2)s[c]1[Sn]([CH3])([CH3])[CH3]. The van der Waals surface area contributed by atoms with Gasteiger partial charge < -0.3 is 0 Å². The van der Waals surface area contributed by atoms with Gasteiger partial charge in [0.05, 0.1) is 0 Å². The third kappa shape index (κ3) is 18.6. The average molecular weight is 949 g/mol. The maximum absolute atomic E-state index is 2.61. The third-order valence-electron chi connectivity index (χ3n) is 10.3. The van der Waals surface area contributed by atoms with Crippen LogP contribution in [0.25, 0.3) is 20.9 Å². The first kappa shape index (κ1) is 47.4. The predicted molar refractivity (Wildman–Crippen MR) is 246 cm³/mol. The Morgan fingerprint density at radius 2 is 0.647 bits per heavy atom. The molecule has 0 aliphatic heterocycles. The Hall–Kier alpha value is 0.217. The van der Waals surface area contributed by atoms with E-state index in [4.69, 9.17) is 0 Å². The molecule has 0 atom stereocenters.